The summed E-state index contributed by atoms with van der Waals surface area (Å²) in [6.07, 6.45) is 4.70. The van der Waals surface area contributed by atoms with Gasteiger partial charge in [0.2, 0.25) is 5.91 Å². The molecule has 0 aromatic carbocycles. The van der Waals surface area contributed by atoms with Crippen LogP contribution in [-0.2, 0) is 4.79 Å². The predicted molar refractivity (Wildman–Crippen MR) is 46.0 cm³/mol. The Hall–Kier alpha value is -0.570. The van der Waals surface area contributed by atoms with Crippen LogP contribution in [0.25, 0.3) is 0 Å². The van der Waals surface area contributed by atoms with Gasteiger partial charge in [0.15, 0.2) is 0 Å². The van der Waals surface area contributed by atoms with Crippen molar-refractivity contribution in [2.45, 2.75) is 19.3 Å². The molecule has 58 valence electrons. The second-order valence-electron chi connectivity index (χ2n) is 2.76. The lowest BCUT2D eigenvalue weighted by molar-refractivity contribution is -0.118. The van der Waals surface area contributed by atoms with Crippen molar-refractivity contribution in [3.05, 3.63) is 21.8 Å². The molecular formula is C8H8BrNO. The van der Waals surface area contributed by atoms with Crippen molar-refractivity contribution < 1.29 is 4.79 Å². The lowest BCUT2D eigenvalue weighted by atomic mass is 10.0. The van der Waals surface area contributed by atoms with E-state index in [4.69, 9.17) is 0 Å². The zero-order valence-corrected chi connectivity index (χ0v) is 7.57. The van der Waals surface area contributed by atoms with Crippen molar-refractivity contribution >= 4 is 21.8 Å². The van der Waals surface area contributed by atoms with E-state index in [9.17, 15) is 4.79 Å². The van der Waals surface area contributed by atoms with Crippen LogP contribution in [0.5, 0.6) is 0 Å². The molecule has 0 bridgehead atoms. The van der Waals surface area contributed by atoms with Crippen molar-refractivity contribution in [3.8, 4) is 0 Å². The maximum absolute atomic E-state index is 10.9. The van der Waals surface area contributed by atoms with E-state index in [2.05, 4.69) is 27.3 Å². The van der Waals surface area contributed by atoms with Gasteiger partial charge < -0.3 is 5.32 Å². The summed E-state index contributed by atoms with van der Waals surface area (Å²) in [5, 5.41) is 2.82. The summed E-state index contributed by atoms with van der Waals surface area (Å²) in [6, 6.07) is 0. The quantitative estimate of drug-likeness (QED) is 0.654. The first-order valence-corrected chi connectivity index (χ1v) is 4.44. The number of hydrogen-bond acceptors (Lipinski definition) is 1. The van der Waals surface area contributed by atoms with Gasteiger partial charge >= 0.3 is 0 Å². The number of hydrogen-bond donors (Lipinski definition) is 1. The summed E-state index contributed by atoms with van der Waals surface area (Å²) in [6.45, 7) is 0. The van der Waals surface area contributed by atoms with Crippen LogP contribution in [-0.4, -0.2) is 5.91 Å². The number of fused-ring (bicyclic) bond motifs is 1. The fourth-order valence-electron chi connectivity index (χ4n) is 1.44. The van der Waals surface area contributed by atoms with Crippen LogP contribution in [0.15, 0.2) is 21.8 Å². The number of allylic oxidation sites excluding steroid dienone is 3. The molecule has 0 unspecified atom stereocenters. The third-order valence-corrected chi connectivity index (χ3v) is 2.85. The first kappa shape index (κ1) is 7.10. The van der Waals surface area contributed by atoms with Gasteiger partial charge in [-0.1, -0.05) is 22.0 Å². The van der Waals surface area contributed by atoms with Gasteiger partial charge in [-0.25, -0.2) is 0 Å². The number of carbonyl (C=O) groups excluding carboxylic acids is 1. The van der Waals surface area contributed by atoms with E-state index < -0.39 is 0 Å². The monoisotopic (exact) mass is 213 g/mol. The number of rotatable bonds is 0. The van der Waals surface area contributed by atoms with Crippen molar-refractivity contribution in [2.24, 2.45) is 0 Å². The van der Waals surface area contributed by atoms with E-state index in [1.807, 2.05) is 0 Å². The third-order valence-electron chi connectivity index (χ3n) is 1.98. The third kappa shape index (κ3) is 1.13. The first-order valence-electron chi connectivity index (χ1n) is 3.65. The van der Waals surface area contributed by atoms with Crippen LogP contribution in [0.4, 0.5) is 0 Å². The topological polar surface area (TPSA) is 29.1 Å². The highest BCUT2D eigenvalue weighted by molar-refractivity contribution is 9.11. The molecule has 1 fully saturated rings. The van der Waals surface area contributed by atoms with Crippen LogP contribution >= 0.6 is 15.9 Å². The molecule has 0 aromatic rings. The van der Waals surface area contributed by atoms with E-state index in [1.165, 1.54) is 4.48 Å². The van der Waals surface area contributed by atoms with E-state index in [0.717, 1.165) is 24.1 Å². The van der Waals surface area contributed by atoms with Crippen LogP contribution in [0.3, 0.4) is 0 Å². The Morgan fingerprint density at radius 2 is 2.36 bits per heavy atom. The average molecular weight is 214 g/mol. The van der Waals surface area contributed by atoms with Gasteiger partial charge in [0.25, 0.3) is 0 Å². The molecule has 2 aliphatic rings. The Morgan fingerprint density at radius 1 is 1.55 bits per heavy atom. The highest BCUT2D eigenvalue weighted by Gasteiger charge is 2.24. The minimum atomic E-state index is 0.116. The summed E-state index contributed by atoms with van der Waals surface area (Å²) >= 11 is 3.47. The minimum absolute atomic E-state index is 0.116. The van der Waals surface area contributed by atoms with Crippen molar-refractivity contribution in [2.75, 3.05) is 0 Å². The summed E-state index contributed by atoms with van der Waals surface area (Å²) in [7, 11) is 0. The molecule has 2 rings (SSSR count). The zero-order chi connectivity index (χ0) is 7.84. The number of nitrogens with one attached hydrogen (secondary N) is 1. The summed E-state index contributed by atoms with van der Waals surface area (Å²) in [5.74, 6) is 0.116. The van der Waals surface area contributed by atoms with E-state index in [1.54, 1.807) is 0 Å². The molecule has 1 amide bonds. The van der Waals surface area contributed by atoms with E-state index >= 15 is 0 Å². The average Bonchev–Trinajstić information content (AvgIpc) is 2.31. The maximum atomic E-state index is 10.9. The van der Waals surface area contributed by atoms with Gasteiger partial charge in [-0.15, -0.1) is 0 Å². The fraction of sp³-hybridized carbons (Fsp3) is 0.375. The Labute approximate surface area is 73.5 Å². The molecule has 2 nitrogen and oxygen atoms in total. The summed E-state index contributed by atoms with van der Waals surface area (Å²) in [4.78, 5) is 10.9. The fourth-order valence-corrected chi connectivity index (χ4v) is 2.02. The second kappa shape index (κ2) is 2.48. The SMILES string of the molecule is O=C1CC2=C(Br)CCC=C2N1. The highest BCUT2D eigenvalue weighted by Crippen LogP contribution is 2.33. The molecule has 0 spiro atoms. The van der Waals surface area contributed by atoms with Gasteiger partial charge in [0.1, 0.15) is 0 Å². The van der Waals surface area contributed by atoms with Crippen LogP contribution in [0.1, 0.15) is 19.3 Å². The zero-order valence-electron chi connectivity index (χ0n) is 5.98. The Kier molecular flexibility index (Phi) is 1.60. The molecule has 1 N–H and O–H groups in total. The van der Waals surface area contributed by atoms with Gasteiger partial charge in [-0.3, -0.25) is 4.79 Å². The molecule has 1 saturated heterocycles. The smallest absolute Gasteiger partial charge is 0.228 e. The molecule has 0 aromatic heterocycles. The molecule has 1 heterocycles. The molecule has 3 heteroatoms. The molecule has 1 aliphatic carbocycles. The molecule has 11 heavy (non-hydrogen) atoms. The second-order valence-corrected chi connectivity index (χ2v) is 3.72. The Balaban J connectivity index is 2.41. The highest BCUT2D eigenvalue weighted by atomic mass is 79.9. The van der Waals surface area contributed by atoms with Crippen LogP contribution in [0, 0.1) is 0 Å². The van der Waals surface area contributed by atoms with Gasteiger partial charge in [0.05, 0.1) is 6.42 Å². The van der Waals surface area contributed by atoms with Crippen LogP contribution in [0.2, 0.25) is 0 Å². The lowest BCUT2D eigenvalue weighted by Crippen LogP contribution is -2.12. The molecule has 0 saturated carbocycles. The van der Waals surface area contributed by atoms with E-state index in [0.29, 0.717) is 6.42 Å². The minimum Gasteiger partial charge on any atom is -0.326 e. The number of amides is 1. The van der Waals surface area contributed by atoms with Gasteiger partial charge in [-0.05, 0) is 18.4 Å². The predicted octanol–water partition coefficient (Wildman–Crippen LogP) is 1.83. The van der Waals surface area contributed by atoms with Gasteiger partial charge in [-0.2, -0.15) is 0 Å². The number of carbonyl (C=O) groups is 1. The van der Waals surface area contributed by atoms with Crippen molar-refractivity contribution in [1.29, 1.82) is 0 Å². The van der Waals surface area contributed by atoms with E-state index in [-0.39, 0.29) is 5.91 Å². The first-order chi connectivity index (χ1) is 5.27. The van der Waals surface area contributed by atoms with Crippen molar-refractivity contribution in [3.63, 3.8) is 0 Å². The Bertz CT molecular complexity index is 278. The maximum Gasteiger partial charge on any atom is 0.228 e. The lowest BCUT2D eigenvalue weighted by Gasteiger charge is -2.09. The summed E-state index contributed by atoms with van der Waals surface area (Å²) in [5.41, 5.74) is 2.18. The molecular weight excluding hydrogens is 206 g/mol. The molecule has 0 atom stereocenters. The Morgan fingerprint density at radius 3 is 3.09 bits per heavy atom. The largest absolute Gasteiger partial charge is 0.326 e. The number of halogens is 1. The standard InChI is InChI=1S/C8H8BrNO/c9-6-2-1-3-7-5(6)4-8(11)10-7/h3H,1-2,4H2,(H,10,11). The molecule has 0 radical (unpaired) electrons. The normalized spacial score (nSPS) is 23.0. The molecule has 1 aliphatic heterocycles. The van der Waals surface area contributed by atoms with Crippen LogP contribution < -0.4 is 5.32 Å². The summed E-state index contributed by atoms with van der Waals surface area (Å²) < 4.78 is 1.19. The van der Waals surface area contributed by atoms with Crippen molar-refractivity contribution in [1.82, 2.24) is 5.32 Å². The van der Waals surface area contributed by atoms with Gasteiger partial charge in [0, 0.05) is 10.2 Å².